The van der Waals surface area contributed by atoms with Gasteiger partial charge in [0.2, 0.25) is 0 Å². The van der Waals surface area contributed by atoms with E-state index in [0.717, 1.165) is 49.7 Å². The van der Waals surface area contributed by atoms with Gasteiger partial charge in [-0.2, -0.15) is 0 Å². The van der Waals surface area contributed by atoms with E-state index in [0.29, 0.717) is 19.4 Å². The number of aromatic nitrogens is 1. The second kappa shape index (κ2) is 6.56. The molecular weight excluding hydrogens is 316 g/mol. The molecule has 2 aliphatic rings. The fourth-order valence-electron chi connectivity index (χ4n) is 4.20. The molecule has 4 heterocycles. The number of furan rings is 1. The van der Waals surface area contributed by atoms with Gasteiger partial charge in [0.25, 0.3) is 0 Å². The van der Waals surface area contributed by atoms with Crippen molar-refractivity contribution in [3.05, 3.63) is 53.7 Å². The largest absolute Gasteiger partial charge is 0.465 e. The van der Waals surface area contributed by atoms with Crippen LogP contribution in [-0.4, -0.2) is 40.3 Å². The van der Waals surface area contributed by atoms with Crippen LogP contribution in [0.15, 0.2) is 40.9 Å². The van der Waals surface area contributed by atoms with Gasteiger partial charge in [-0.3, -0.25) is 9.88 Å². The molecule has 1 N–H and O–H groups in total. The van der Waals surface area contributed by atoms with Gasteiger partial charge in [-0.25, -0.2) is 0 Å². The van der Waals surface area contributed by atoms with Crippen LogP contribution < -0.4 is 0 Å². The van der Waals surface area contributed by atoms with Crippen molar-refractivity contribution in [2.45, 2.75) is 50.4 Å². The summed E-state index contributed by atoms with van der Waals surface area (Å²) in [5.74, 6) is 1.97. The summed E-state index contributed by atoms with van der Waals surface area (Å²) in [5.41, 5.74) is -0.342. The average Bonchev–Trinajstić information content (AvgIpc) is 3.03. The predicted molar refractivity (Wildman–Crippen MR) is 94.0 cm³/mol. The second-order valence-electron chi connectivity index (χ2n) is 7.49. The maximum atomic E-state index is 11.2. The highest BCUT2D eigenvalue weighted by atomic mass is 16.5. The maximum Gasteiger partial charge on any atom is 0.118 e. The number of ether oxygens (including phenoxy) is 1. The monoisotopic (exact) mass is 342 g/mol. The normalized spacial score (nSPS) is 26.8. The van der Waals surface area contributed by atoms with Gasteiger partial charge in [0, 0.05) is 32.1 Å². The highest BCUT2D eigenvalue weighted by Gasteiger charge is 2.47. The summed E-state index contributed by atoms with van der Waals surface area (Å²) in [5, 5.41) is 11.2. The molecular formula is C20H26N2O3. The van der Waals surface area contributed by atoms with Crippen molar-refractivity contribution in [1.82, 2.24) is 9.88 Å². The van der Waals surface area contributed by atoms with Crippen LogP contribution >= 0.6 is 0 Å². The van der Waals surface area contributed by atoms with Crippen LogP contribution in [0.25, 0.3) is 0 Å². The first-order valence-electron chi connectivity index (χ1n) is 9.13. The molecule has 4 rings (SSSR count). The number of rotatable bonds is 3. The Balaban J connectivity index is 1.41. The van der Waals surface area contributed by atoms with E-state index < -0.39 is 5.60 Å². The Morgan fingerprint density at radius 1 is 1.16 bits per heavy atom. The average molecular weight is 342 g/mol. The summed E-state index contributed by atoms with van der Waals surface area (Å²) in [6.45, 7) is 5.32. The number of nitrogens with zero attached hydrogens (tertiary/aromatic N) is 2. The Labute approximate surface area is 148 Å². The van der Waals surface area contributed by atoms with E-state index in [1.54, 1.807) is 6.20 Å². The van der Waals surface area contributed by atoms with Gasteiger partial charge >= 0.3 is 0 Å². The van der Waals surface area contributed by atoms with Crippen molar-refractivity contribution < 1.29 is 14.3 Å². The lowest BCUT2D eigenvalue weighted by Gasteiger charge is -2.48. The van der Waals surface area contributed by atoms with Crippen LogP contribution in [0.3, 0.4) is 0 Å². The molecule has 5 heteroatoms. The van der Waals surface area contributed by atoms with Crippen LogP contribution in [0.5, 0.6) is 0 Å². The molecule has 0 radical (unpaired) electrons. The molecule has 1 atom stereocenters. The zero-order valence-electron chi connectivity index (χ0n) is 14.8. The minimum absolute atomic E-state index is 0.236. The van der Waals surface area contributed by atoms with E-state index in [1.807, 2.05) is 31.2 Å². The van der Waals surface area contributed by atoms with Gasteiger partial charge in [0.05, 0.1) is 24.4 Å². The second-order valence-corrected chi connectivity index (χ2v) is 7.49. The quantitative estimate of drug-likeness (QED) is 0.929. The molecule has 0 aliphatic carbocycles. The Bertz CT molecular complexity index is 707. The Kier molecular flexibility index (Phi) is 4.40. The predicted octanol–water partition coefficient (Wildman–Crippen LogP) is 3.02. The highest BCUT2D eigenvalue weighted by molar-refractivity contribution is 5.16. The van der Waals surface area contributed by atoms with E-state index in [4.69, 9.17) is 9.15 Å². The molecule has 0 aromatic carbocycles. The van der Waals surface area contributed by atoms with Crippen molar-refractivity contribution in [1.29, 1.82) is 0 Å². The SMILES string of the molecule is Cc1ccc(CN2CCC3(CC2)CC(O)(c2ccccn2)CCO3)o1. The summed E-state index contributed by atoms with van der Waals surface area (Å²) in [7, 11) is 0. The first kappa shape index (κ1) is 16.8. The van der Waals surface area contributed by atoms with Gasteiger partial charge < -0.3 is 14.3 Å². The topological polar surface area (TPSA) is 58.7 Å². The van der Waals surface area contributed by atoms with Crippen molar-refractivity contribution in [2.24, 2.45) is 0 Å². The smallest absolute Gasteiger partial charge is 0.118 e. The van der Waals surface area contributed by atoms with Gasteiger partial charge in [-0.05, 0) is 44.0 Å². The third kappa shape index (κ3) is 3.50. The molecule has 0 bridgehead atoms. The zero-order valence-corrected chi connectivity index (χ0v) is 14.8. The van der Waals surface area contributed by atoms with Crippen LogP contribution in [0.4, 0.5) is 0 Å². The Hall–Kier alpha value is -1.69. The third-order valence-electron chi connectivity index (χ3n) is 5.62. The maximum absolute atomic E-state index is 11.2. The molecule has 2 fully saturated rings. The number of aliphatic hydroxyl groups is 1. The number of piperidine rings is 1. The third-order valence-corrected chi connectivity index (χ3v) is 5.62. The lowest BCUT2D eigenvalue weighted by atomic mass is 9.75. The van der Waals surface area contributed by atoms with Crippen LogP contribution in [0.1, 0.15) is 42.9 Å². The van der Waals surface area contributed by atoms with E-state index in [1.165, 1.54) is 0 Å². The molecule has 5 nitrogen and oxygen atoms in total. The molecule has 25 heavy (non-hydrogen) atoms. The Morgan fingerprint density at radius 2 is 2.00 bits per heavy atom. The summed E-state index contributed by atoms with van der Waals surface area (Å²) in [6, 6.07) is 9.81. The standard InChI is InChI=1S/C20H26N2O3/c1-16-5-6-17(25-16)14-22-11-7-19(8-12-22)15-20(23,9-13-24-19)18-4-2-3-10-21-18/h2-6,10,23H,7-9,11-15H2,1H3. The van der Waals surface area contributed by atoms with Crippen molar-refractivity contribution >= 4 is 0 Å². The molecule has 0 amide bonds. The molecule has 2 aliphatic heterocycles. The minimum Gasteiger partial charge on any atom is -0.465 e. The summed E-state index contributed by atoms with van der Waals surface area (Å²) in [4.78, 5) is 6.80. The van der Waals surface area contributed by atoms with E-state index in [2.05, 4.69) is 16.0 Å². The molecule has 2 aromatic heterocycles. The summed E-state index contributed by atoms with van der Waals surface area (Å²) in [6.07, 6.45) is 4.86. The molecule has 2 aromatic rings. The lowest BCUT2D eigenvalue weighted by Crippen LogP contribution is -2.53. The molecule has 1 unspecified atom stereocenters. The molecule has 2 saturated heterocycles. The van der Waals surface area contributed by atoms with Crippen molar-refractivity contribution in [2.75, 3.05) is 19.7 Å². The highest BCUT2D eigenvalue weighted by Crippen LogP contribution is 2.43. The van der Waals surface area contributed by atoms with Gasteiger partial charge in [-0.1, -0.05) is 6.07 Å². The van der Waals surface area contributed by atoms with Crippen LogP contribution in [-0.2, 0) is 16.9 Å². The number of hydrogen-bond acceptors (Lipinski definition) is 5. The van der Waals surface area contributed by atoms with Gasteiger partial charge in [0.1, 0.15) is 17.1 Å². The van der Waals surface area contributed by atoms with E-state index >= 15 is 0 Å². The number of hydrogen-bond donors (Lipinski definition) is 1. The first-order valence-corrected chi connectivity index (χ1v) is 9.13. The molecule has 0 saturated carbocycles. The first-order chi connectivity index (χ1) is 12.1. The van der Waals surface area contributed by atoms with Gasteiger partial charge in [0.15, 0.2) is 0 Å². The minimum atomic E-state index is -0.875. The van der Waals surface area contributed by atoms with Crippen LogP contribution in [0, 0.1) is 6.92 Å². The van der Waals surface area contributed by atoms with E-state index in [-0.39, 0.29) is 5.60 Å². The van der Waals surface area contributed by atoms with E-state index in [9.17, 15) is 5.11 Å². The van der Waals surface area contributed by atoms with Crippen LogP contribution in [0.2, 0.25) is 0 Å². The zero-order chi connectivity index (χ0) is 17.3. The fourth-order valence-corrected chi connectivity index (χ4v) is 4.20. The lowest BCUT2D eigenvalue weighted by molar-refractivity contribution is -0.184. The van der Waals surface area contributed by atoms with Crippen molar-refractivity contribution in [3.8, 4) is 0 Å². The number of aryl methyl sites for hydroxylation is 1. The number of likely N-dealkylation sites (tertiary alicyclic amines) is 1. The van der Waals surface area contributed by atoms with Crippen molar-refractivity contribution in [3.63, 3.8) is 0 Å². The Morgan fingerprint density at radius 3 is 2.68 bits per heavy atom. The summed E-state index contributed by atoms with van der Waals surface area (Å²) >= 11 is 0. The van der Waals surface area contributed by atoms with Gasteiger partial charge in [-0.15, -0.1) is 0 Å². The molecule has 134 valence electrons. The summed E-state index contributed by atoms with van der Waals surface area (Å²) < 4.78 is 11.9. The fraction of sp³-hybridized carbons (Fsp3) is 0.550. The molecule has 1 spiro atoms. The number of pyridine rings is 1.